The molecule has 0 radical (unpaired) electrons. The first-order valence-corrected chi connectivity index (χ1v) is 6.31. The molecule has 0 saturated carbocycles. The third-order valence-electron chi connectivity index (χ3n) is 2.90. The van der Waals surface area contributed by atoms with E-state index in [1.807, 2.05) is 0 Å². The monoisotopic (exact) mass is 297 g/mol. The van der Waals surface area contributed by atoms with E-state index < -0.39 is 29.6 Å². The maximum Gasteiger partial charge on any atom is 0.308 e. The van der Waals surface area contributed by atoms with Crippen LogP contribution in [0.25, 0.3) is 0 Å². The zero-order chi connectivity index (χ0) is 16.0. The SMILES string of the molecule is CC(CN(CCC(=O)O)C(=O)c1ccccc1F)C(=O)O. The van der Waals surface area contributed by atoms with E-state index in [2.05, 4.69) is 0 Å². The fraction of sp³-hybridized carbons (Fsp3) is 0.357. The molecule has 7 heteroatoms. The number of benzene rings is 1. The minimum absolute atomic E-state index is 0.180. The molecule has 1 atom stereocenters. The Bertz CT molecular complexity index is 546. The molecule has 0 heterocycles. The normalized spacial score (nSPS) is 11.7. The lowest BCUT2D eigenvalue weighted by atomic mass is 10.1. The highest BCUT2D eigenvalue weighted by molar-refractivity contribution is 5.94. The zero-order valence-corrected chi connectivity index (χ0v) is 11.5. The van der Waals surface area contributed by atoms with Gasteiger partial charge in [0, 0.05) is 13.1 Å². The number of carbonyl (C=O) groups is 3. The largest absolute Gasteiger partial charge is 0.481 e. The predicted molar refractivity (Wildman–Crippen MR) is 71.4 cm³/mol. The Hall–Kier alpha value is -2.44. The molecule has 6 nitrogen and oxygen atoms in total. The fourth-order valence-electron chi connectivity index (χ4n) is 1.72. The molecular formula is C14H16FNO5. The van der Waals surface area contributed by atoms with Crippen molar-refractivity contribution in [2.75, 3.05) is 13.1 Å². The van der Waals surface area contributed by atoms with Gasteiger partial charge in [0.05, 0.1) is 17.9 Å². The topological polar surface area (TPSA) is 94.9 Å². The predicted octanol–water partition coefficient (Wildman–Crippen LogP) is 1.46. The summed E-state index contributed by atoms with van der Waals surface area (Å²) in [6.07, 6.45) is -0.341. The van der Waals surface area contributed by atoms with Crippen molar-refractivity contribution in [3.8, 4) is 0 Å². The van der Waals surface area contributed by atoms with Crippen LogP contribution in [0.2, 0.25) is 0 Å². The smallest absolute Gasteiger partial charge is 0.308 e. The summed E-state index contributed by atoms with van der Waals surface area (Å²) in [5.74, 6) is -4.57. The van der Waals surface area contributed by atoms with E-state index in [1.165, 1.54) is 25.1 Å². The molecular weight excluding hydrogens is 281 g/mol. The van der Waals surface area contributed by atoms with Crippen molar-refractivity contribution >= 4 is 17.8 Å². The third kappa shape index (κ3) is 4.87. The van der Waals surface area contributed by atoms with Crippen molar-refractivity contribution in [3.05, 3.63) is 35.6 Å². The number of halogens is 1. The van der Waals surface area contributed by atoms with Gasteiger partial charge in [-0.05, 0) is 12.1 Å². The van der Waals surface area contributed by atoms with E-state index in [0.29, 0.717) is 0 Å². The number of amides is 1. The lowest BCUT2D eigenvalue weighted by Gasteiger charge is -2.24. The van der Waals surface area contributed by atoms with Crippen LogP contribution in [0.4, 0.5) is 4.39 Å². The van der Waals surface area contributed by atoms with E-state index in [4.69, 9.17) is 10.2 Å². The van der Waals surface area contributed by atoms with Crippen LogP contribution in [0.15, 0.2) is 24.3 Å². The third-order valence-corrected chi connectivity index (χ3v) is 2.90. The molecule has 1 rings (SSSR count). The molecule has 0 saturated heterocycles. The molecule has 0 aliphatic carbocycles. The molecule has 1 aromatic rings. The Morgan fingerprint density at radius 1 is 1.24 bits per heavy atom. The van der Waals surface area contributed by atoms with Crippen LogP contribution in [-0.4, -0.2) is 46.0 Å². The van der Waals surface area contributed by atoms with Gasteiger partial charge in [-0.3, -0.25) is 14.4 Å². The first-order chi connectivity index (χ1) is 9.82. The minimum Gasteiger partial charge on any atom is -0.481 e. The number of carbonyl (C=O) groups excluding carboxylic acids is 1. The van der Waals surface area contributed by atoms with Gasteiger partial charge in [-0.25, -0.2) is 4.39 Å². The highest BCUT2D eigenvalue weighted by atomic mass is 19.1. The van der Waals surface area contributed by atoms with Crippen LogP contribution in [-0.2, 0) is 9.59 Å². The first-order valence-electron chi connectivity index (χ1n) is 6.31. The number of carboxylic acid groups (broad SMARTS) is 2. The van der Waals surface area contributed by atoms with Gasteiger partial charge in [0.2, 0.25) is 0 Å². The number of rotatable bonds is 7. The summed E-state index contributed by atoms with van der Waals surface area (Å²) >= 11 is 0. The standard InChI is InChI=1S/C14H16FNO5/c1-9(14(20)21)8-16(7-6-12(17)18)13(19)10-4-2-3-5-11(10)15/h2-5,9H,6-8H2,1H3,(H,17,18)(H,20,21). The molecule has 0 bridgehead atoms. The van der Waals surface area contributed by atoms with Crippen LogP contribution in [0.1, 0.15) is 23.7 Å². The maximum absolute atomic E-state index is 13.6. The number of nitrogens with zero attached hydrogens (tertiary/aromatic N) is 1. The summed E-state index contributed by atoms with van der Waals surface area (Å²) in [6.45, 7) is 1.03. The summed E-state index contributed by atoms with van der Waals surface area (Å²) in [7, 11) is 0. The van der Waals surface area contributed by atoms with Gasteiger partial charge >= 0.3 is 11.9 Å². The van der Waals surface area contributed by atoms with Crippen LogP contribution in [0.5, 0.6) is 0 Å². The van der Waals surface area contributed by atoms with Gasteiger partial charge in [0.1, 0.15) is 5.82 Å². The Labute approximate surface area is 120 Å². The summed E-state index contributed by atoms with van der Waals surface area (Å²) in [4.78, 5) is 34.8. The molecule has 0 aliphatic heterocycles. The Balaban J connectivity index is 2.94. The van der Waals surface area contributed by atoms with E-state index in [9.17, 15) is 18.8 Å². The van der Waals surface area contributed by atoms with Crippen molar-refractivity contribution in [3.63, 3.8) is 0 Å². The molecule has 0 spiro atoms. The van der Waals surface area contributed by atoms with Crippen LogP contribution in [0.3, 0.4) is 0 Å². The van der Waals surface area contributed by atoms with Gasteiger partial charge < -0.3 is 15.1 Å². The van der Waals surface area contributed by atoms with Gasteiger partial charge in [-0.15, -0.1) is 0 Å². The molecule has 21 heavy (non-hydrogen) atoms. The van der Waals surface area contributed by atoms with Gasteiger partial charge in [-0.2, -0.15) is 0 Å². The van der Waals surface area contributed by atoms with Crippen molar-refractivity contribution in [1.82, 2.24) is 4.90 Å². The molecule has 1 amide bonds. The van der Waals surface area contributed by atoms with E-state index in [1.54, 1.807) is 0 Å². The van der Waals surface area contributed by atoms with Crippen molar-refractivity contribution in [1.29, 1.82) is 0 Å². The van der Waals surface area contributed by atoms with E-state index in [-0.39, 0.29) is 25.1 Å². The summed E-state index contributed by atoms with van der Waals surface area (Å²) in [5.41, 5.74) is -0.208. The number of hydrogen-bond acceptors (Lipinski definition) is 3. The van der Waals surface area contributed by atoms with Crippen molar-refractivity contribution in [2.45, 2.75) is 13.3 Å². The van der Waals surface area contributed by atoms with Crippen LogP contribution >= 0.6 is 0 Å². The van der Waals surface area contributed by atoms with Crippen molar-refractivity contribution in [2.24, 2.45) is 5.92 Å². The minimum atomic E-state index is -1.12. The number of carboxylic acids is 2. The quantitative estimate of drug-likeness (QED) is 0.794. The summed E-state index contributed by atoms with van der Waals surface area (Å²) < 4.78 is 13.6. The second-order valence-corrected chi connectivity index (χ2v) is 4.61. The summed E-state index contributed by atoms with van der Waals surface area (Å²) in [5, 5.41) is 17.6. The lowest BCUT2D eigenvalue weighted by Crippen LogP contribution is -2.38. The maximum atomic E-state index is 13.6. The van der Waals surface area contributed by atoms with E-state index >= 15 is 0 Å². The fourth-order valence-corrected chi connectivity index (χ4v) is 1.72. The van der Waals surface area contributed by atoms with E-state index in [0.717, 1.165) is 11.0 Å². The number of aliphatic carboxylic acids is 2. The molecule has 0 fully saturated rings. The Morgan fingerprint density at radius 2 is 1.86 bits per heavy atom. The van der Waals surface area contributed by atoms with Gasteiger partial charge in [-0.1, -0.05) is 19.1 Å². The second kappa shape index (κ2) is 7.37. The Morgan fingerprint density at radius 3 is 2.38 bits per heavy atom. The lowest BCUT2D eigenvalue weighted by molar-refractivity contribution is -0.141. The Kier molecular flexibility index (Phi) is 5.83. The zero-order valence-electron chi connectivity index (χ0n) is 11.5. The molecule has 114 valence electrons. The molecule has 2 N–H and O–H groups in total. The molecule has 1 aromatic carbocycles. The number of hydrogen-bond donors (Lipinski definition) is 2. The average molecular weight is 297 g/mol. The van der Waals surface area contributed by atoms with Gasteiger partial charge in [0.25, 0.3) is 5.91 Å². The highest BCUT2D eigenvalue weighted by Gasteiger charge is 2.23. The van der Waals surface area contributed by atoms with Crippen molar-refractivity contribution < 1.29 is 29.0 Å². The molecule has 0 aliphatic rings. The summed E-state index contributed by atoms with van der Waals surface area (Å²) in [6, 6.07) is 5.29. The first kappa shape index (κ1) is 16.6. The average Bonchev–Trinajstić information content (AvgIpc) is 2.42. The van der Waals surface area contributed by atoms with Crippen LogP contribution < -0.4 is 0 Å². The second-order valence-electron chi connectivity index (χ2n) is 4.61. The van der Waals surface area contributed by atoms with Crippen LogP contribution in [0, 0.1) is 11.7 Å². The molecule has 0 aromatic heterocycles. The molecule has 1 unspecified atom stereocenters. The highest BCUT2D eigenvalue weighted by Crippen LogP contribution is 2.12. The van der Waals surface area contributed by atoms with Gasteiger partial charge in [0.15, 0.2) is 0 Å².